The zero-order valence-electron chi connectivity index (χ0n) is 48.9. The van der Waals surface area contributed by atoms with Crippen molar-refractivity contribution in [1.82, 2.24) is 0 Å². The molecule has 18 heteroatoms. The molecule has 20 unspecified atom stereocenters. The number of aromatic hydroxyl groups is 1. The highest BCUT2D eigenvalue weighted by Gasteiger charge is 2.60. The van der Waals surface area contributed by atoms with Gasteiger partial charge in [0.2, 0.25) is 5.78 Å². The summed E-state index contributed by atoms with van der Waals surface area (Å²) in [7, 11) is 6.14. The molecule has 1 aliphatic carbocycles. The van der Waals surface area contributed by atoms with Gasteiger partial charge in [-0.1, -0.05) is 101 Å². The molecule has 4 fully saturated rings. The Morgan fingerprint density at radius 2 is 1.54 bits per heavy atom. The summed E-state index contributed by atoms with van der Waals surface area (Å²) in [5, 5.41) is 44.2. The van der Waals surface area contributed by atoms with Crippen molar-refractivity contribution in [2.45, 2.75) is 191 Å². The van der Waals surface area contributed by atoms with Gasteiger partial charge >= 0.3 is 5.97 Å². The Kier molecular flexibility index (Phi) is 20.6. The van der Waals surface area contributed by atoms with Gasteiger partial charge < -0.3 is 77.3 Å². The van der Waals surface area contributed by atoms with E-state index in [9.17, 15) is 30.0 Å². The van der Waals surface area contributed by atoms with Gasteiger partial charge in [0.15, 0.2) is 18.4 Å². The molecule has 2 bridgehead atoms. The van der Waals surface area contributed by atoms with E-state index in [4.69, 9.17) is 56.8 Å². The lowest BCUT2D eigenvalue weighted by molar-refractivity contribution is -0.318. The third-order valence-corrected chi connectivity index (χ3v) is 17.3. The van der Waals surface area contributed by atoms with E-state index < -0.39 is 90.8 Å². The fourth-order valence-corrected chi connectivity index (χ4v) is 12.4. The summed E-state index contributed by atoms with van der Waals surface area (Å²) in [5.74, 6) is -2.31. The summed E-state index contributed by atoms with van der Waals surface area (Å²) >= 11 is 0. The maximum absolute atomic E-state index is 14.3. The minimum atomic E-state index is -1.84. The van der Waals surface area contributed by atoms with Gasteiger partial charge in [-0.05, 0) is 62.8 Å². The highest BCUT2D eigenvalue weighted by molar-refractivity contribution is 6.12. The van der Waals surface area contributed by atoms with Crippen LogP contribution in [0.5, 0.6) is 17.2 Å². The van der Waals surface area contributed by atoms with Crippen molar-refractivity contribution < 1.29 is 86.9 Å². The zero-order valence-corrected chi connectivity index (χ0v) is 48.9. The lowest BCUT2D eigenvalue weighted by Crippen LogP contribution is -2.58. The van der Waals surface area contributed by atoms with E-state index in [1.807, 2.05) is 38.1 Å². The summed E-state index contributed by atoms with van der Waals surface area (Å²) in [5.41, 5.74) is 0.755. The average molecular weight is 1130 g/mol. The molecule has 0 aromatic heterocycles. The van der Waals surface area contributed by atoms with Gasteiger partial charge in [0.1, 0.15) is 64.9 Å². The summed E-state index contributed by atoms with van der Waals surface area (Å²) in [6.45, 7) is 16.1. The van der Waals surface area contributed by atoms with E-state index in [2.05, 4.69) is 39.8 Å². The van der Waals surface area contributed by atoms with E-state index in [-0.39, 0.29) is 65.5 Å². The molecule has 6 heterocycles. The van der Waals surface area contributed by atoms with Crippen molar-refractivity contribution in [2.75, 3.05) is 35.0 Å². The van der Waals surface area contributed by atoms with E-state index >= 15 is 0 Å². The van der Waals surface area contributed by atoms with Crippen LogP contribution in [0.2, 0.25) is 0 Å². The Balaban J connectivity index is 0.000000381. The molecule has 7 aliphatic rings. The van der Waals surface area contributed by atoms with Crippen molar-refractivity contribution in [3.05, 3.63) is 113 Å². The first-order valence-corrected chi connectivity index (χ1v) is 28.6. The largest absolute Gasteiger partial charge is 0.507 e. The lowest BCUT2D eigenvalue weighted by Gasteiger charge is -2.48. The number of esters is 1. The van der Waals surface area contributed by atoms with E-state index in [1.165, 1.54) is 20.3 Å². The molecule has 0 amide bonds. The molecule has 2 aromatic rings. The third-order valence-electron chi connectivity index (χ3n) is 17.3. The number of allylic oxidation sites excluding steroid dienone is 2. The molecule has 0 radical (unpaired) electrons. The molecule has 81 heavy (non-hydrogen) atoms. The zero-order chi connectivity index (χ0) is 58.5. The van der Waals surface area contributed by atoms with Gasteiger partial charge in [0, 0.05) is 69.4 Å². The summed E-state index contributed by atoms with van der Waals surface area (Å²) in [6, 6.07) is 11.7. The van der Waals surface area contributed by atoms with Crippen LogP contribution >= 0.6 is 0 Å². The first-order valence-electron chi connectivity index (χ1n) is 28.6. The molecule has 4 saturated heterocycles. The predicted octanol–water partition coefficient (Wildman–Crippen LogP) is 8.02. The minimum absolute atomic E-state index is 0.0317. The van der Waals surface area contributed by atoms with Gasteiger partial charge in [0.25, 0.3) is 0 Å². The number of ketones is 1. The van der Waals surface area contributed by atoms with Gasteiger partial charge in [-0.3, -0.25) is 9.59 Å². The fourth-order valence-electron chi connectivity index (χ4n) is 12.4. The number of hydrogen-bond donors (Lipinski definition) is 4. The summed E-state index contributed by atoms with van der Waals surface area (Å²) in [6.07, 6.45) is 8.55. The number of fused-ring (bicyclic) bond motifs is 2. The van der Waals surface area contributed by atoms with Crippen LogP contribution in [-0.2, 0) is 52.2 Å². The SMILES string of the molecule is CCC(C)C1OC2(C=CC1C)CC1CC(CC=C(C)C(OC3CC(OC)C(OC4CC(OC)C(O)C(C)O4)C(C)O3)C(C)C=CC=C3COC4C(O)C(C)=CC(C(=O)O1)C34O)O2.COc1cc(O)c(C(=O)c2ccccc2)c(OC)c1. The number of ether oxygens (including phenoxy) is 12. The molecule has 4 N–H and O–H groups in total. The monoisotopic (exact) mass is 1130 g/mol. The van der Waals surface area contributed by atoms with E-state index in [0.29, 0.717) is 54.6 Å². The second-order valence-corrected chi connectivity index (χ2v) is 22.9. The van der Waals surface area contributed by atoms with Crippen molar-refractivity contribution in [1.29, 1.82) is 0 Å². The molecule has 20 atom stereocenters. The van der Waals surface area contributed by atoms with Crippen LogP contribution in [0.3, 0.4) is 0 Å². The molecule has 446 valence electrons. The van der Waals surface area contributed by atoms with Gasteiger partial charge in [-0.25, -0.2) is 0 Å². The summed E-state index contributed by atoms with van der Waals surface area (Å²) < 4.78 is 73.8. The molecular formula is C63H86O18. The Morgan fingerprint density at radius 1 is 0.840 bits per heavy atom. The summed E-state index contributed by atoms with van der Waals surface area (Å²) in [4.78, 5) is 26.7. The number of phenols is 1. The Hall–Kier alpha value is -4.80. The fraction of sp³-hybridized carbons (Fsp3) is 0.619. The smallest absolute Gasteiger partial charge is 0.316 e. The number of aliphatic hydroxyl groups excluding tert-OH is 2. The normalized spacial score (nSPS) is 38.3. The number of carbonyl (C=O) groups excluding carboxylic acids is 2. The highest BCUT2D eigenvalue weighted by Crippen LogP contribution is 2.47. The van der Waals surface area contributed by atoms with Crippen molar-refractivity contribution in [2.24, 2.45) is 23.7 Å². The maximum Gasteiger partial charge on any atom is 0.316 e. The Labute approximate surface area is 476 Å². The van der Waals surface area contributed by atoms with Crippen LogP contribution in [0.15, 0.2) is 102 Å². The Morgan fingerprint density at radius 3 is 2.23 bits per heavy atom. The molecule has 18 nitrogen and oxygen atoms in total. The van der Waals surface area contributed by atoms with Crippen LogP contribution in [0.1, 0.15) is 110 Å². The molecule has 1 spiro atoms. The van der Waals surface area contributed by atoms with Gasteiger partial charge in [0.05, 0.1) is 63.6 Å². The van der Waals surface area contributed by atoms with Crippen molar-refractivity contribution in [3.8, 4) is 17.2 Å². The number of benzene rings is 2. The minimum Gasteiger partial charge on any atom is -0.507 e. The van der Waals surface area contributed by atoms with Crippen LogP contribution < -0.4 is 9.47 Å². The standard InChI is InChI=1S/C48H72O14.C15H14O4/c1-11-25(2)43-28(5)17-18-47(62-43)23-34-20-33(61-47)16-15-27(4)42(26(3)13-12-14-32-24-55-45-40(49)29(6)19-35(46(51)58-34)48(32,45)52)59-39-22-37(54-10)44(31(8)57-39)60-38-21-36(53-9)41(50)30(7)56-38;1-18-11-8-12(16)14(13(9-11)19-2)15(17)10-6-4-3-5-7-10/h12-15,17-19,25-26,28,30-31,33-45,49-50,52H,11,16,20-24H2,1-10H3;3-9,16H,1-2H3. The van der Waals surface area contributed by atoms with Gasteiger partial charge in [-0.2, -0.15) is 0 Å². The van der Waals surface area contributed by atoms with Crippen LogP contribution in [-0.4, -0.2) is 164 Å². The lowest BCUT2D eigenvalue weighted by atomic mass is 9.71. The highest BCUT2D eigenvalue weighted by atomic mass is 16.7. The third kappa shape index (κ3) is 13.6. The number of aliphatic hydroxyl groups is 3. The predicted molar refractivity (Wildman–Crippen MR) is 298 cm³/mol. The molecule has 9 rings (SSSR count). The topological polar surface area (TPSA) is 226 Å². The number of carbonyl (C=O) groups is 2. The van der Waals surface area contributed by atoms with Crippen molar-refractivity contribution in [3.63, 3.8) is 0 Å². The number of methoxy groups -OCH3 is 4. The van der Waals surface area contributed by atoms with Crippen LogP contribution in [0.25, 0.3) is 0 Å². The van der Waals surface area contributed by atoms with E-state index in [0.717, 1.165) is 12.0 Å². The van der Waals surface area contributed by atoms with E-state index in [1.54, 1.807) is 70.6 Å². The number of phenolic OH excluding ortho intramolecular Hbond substituents is 1. The molecule has 6 aliphatic heterocycles. The number of rotatable bonds is 12. The first kappa shape index (κ1) is 62.3. The Bertz CT molecular complexity index is 2630. The maximum atomic E-state index is 14.3. The van der Waals surface area contributed by atoms with Crippen LogP contribution in [0, 0.1) is 23.7 Å². The van der Waals surface area contributed by atoms with Crippen molar-refractivity contribution >= 4 is 11.8 Å². The first-order chi connectivity index (χ1) is 38.7. The molecule has 0 saturated carbocycles. The average Bonchev–Trinajstić information content (AvgIpc) is 3.94. The molecule has 2 aromatic carbocycles. The number of hydrogen-bond acceptors (Lipinski definition) is 18. The van der Waals surface area contributed by atoms with Crippen LogP contribution in [0.4, 0.5) is 0 Å². The second kappa shape index (κ2) is 26.8. The molecular weight excluding hydrogens is 1040 g/mol. The second-order valence-electron chi connectivity index (χ2n) is 22.9. The quantitative estimate of drug-likeness (QED) is 0.0897. The van der Waals surface area contributed by atoms with Gasteiger partial charge in [-0.15, -0.1) is 0 Å².